The number of para-hydroxylation sites is 1. The fourth-order valence-electron chi connectivity index (χ4n) is 3.51. The van der Waals surface area contributed by atoms with Gasteiger partial charge in [-0.05, 0) is 49.9 Å². The molecule has 0 radical (unpaired) electrons. The van der Waals surface area contributed by atoms with Crippen LogP contribution in [0.4, 0.5) is 13.2 Å². The van der Waals surface area contributed by atoms with Crippen molar-refractivity contribution in [3.8, 4) is 5.75 Å². The van der Waals surface area contributed by atoms with E-state index in [1.165, 1.54) is 4.68 Å². The molecule has 0 saturated heterocycles. The number of nitrogens with one attached hydrogen (secondary N) is 1. The van der Waals surface area contributed by atoms with Gasteiger partial charge in [0.15, 0.2) is 11.5 Å². The second kappa shape index (κ2) is 9.51. The number of benzene rings is 1. The third-order valence-electron chi connectivity index (χ3n) is 5.35. The van der Waals surface area contributed by atoms with Crippen molar-refractivity contribution in [2.75, 3.05) is 6.54 Å². The summed E-state index contributed by atoms with van der Waals surface area (Å²) in [6.45, 7) is 2.59. The number of aryl methyl sites for hydroxylation is 2. The predicted octanol–water partition coefficient (Wildman–Crippen LogP) is 5.73. The third-order valence-corrected chi connectivity index (χ3v) is 5.72. The lowest BCUT2D eigenvalue weighted by atomic mass is 10.2. The molecule has 0 bridgehead atoms. The van der Waals surface area contributed by atoms with Gasteiger partial charge in [0.2, 0.25) is 0 Å². The van der Waals surface area contributed by atoms with Gasteiger partial charge in [-0.1, -0.05) is 29.8 Å². The first-order valence-corrected chi connectivity index (χ1v) is 11.0. The van der Waals surface area contributed by atoms with Gasteiger partial charge >= 0.3 is 6.18 Å². The lowest BCUT2D eigenvalue weighted by molar-refractivity contribution is -0.141. The lowest BCUT2D eigenvalue weighted by Crippen LogP contribution is -2.25. The molecule has 3 aromatic rings. The first-order chi connectivity index (χ1) is 15.7. The number of amides is 1. The van der Waals surface area contributed by atoms with Crippen molar-refractivity contribution in [3.63, 3.8) is 0 Å². The van der Waals surface area contributed by atoms with Crippen LogP contribution in [0, 0.1) is 6.92 Å². The highest BCUT2D eigenvalue weighted by molar-refractivity contribution is 6.32. The molecule has 4 rings (SSSR count). The molecule has 1 aliphatic rings. The van der Waals surface area contributed by atoms with Crippen LogP contribution in [0.25, 0.3) is 0 Å². The van der Waals surface area contributed by atoms with Gasteiger partial charge in [0.25, 0.3) is 5.91 Å². The molecule has 1 aromatic carbocycles. The molecule has 0 spiro atoms. The van der Waals surface area contributed by atoms with Crippen LogP contribution in [0.2, 0.25) is 5.02 Å². The fraction of sp³-hybridized carbons (Fsp3) is 0.391. The molecule has 6 nitrogen and oxygen atoms in total. The molecule has 33 heavy (non-hydrogen) atoms. The molecule has 0 aliphatic heterocycles. The molecule has 0 unspecified atom stereocenters. The summed E-state index contributed by atoms with van der Waals surface area (Å²) in [5.74, 6) is 0.980. The summed E-state index contributed by atoms with van der Waals surface area (Å²) in [6.07, 6.45) is -2.60. The summed E-state index contributed by atoms with van der Waals surface area (Å²) in [6, 6.07) is 10.8. The van der Waals surface area contributed by atoms with Crippen LogP contribution < -0.4 is 10.1 Å². The van der Waals surface area contributed by atoms with Crippen LogP contribution in [0.3, 0.4) is 0 Å². The van der Waals surface area contributed by atoms with Gasteiger partial charge in [-0.3, -0.25) is 9.48 Å². The smallest absolute Gasteiger partial charge is 0.436 e. The topological polar surface area (TPSA) is 69.3 Å². The highest BCUT2D eigenvalue weighted by Gasteiger charge is 2.41. The van der Waals surface area contributed by atoms with Crippen LogP contribution in [0.5, 0.6) is 5.75 Å². The van der Waals surface area contributed by atoms with Gasteiger partial charge in [-0.25, -0.2) is 0 Å². The van der Waals surface area contributed by atoms with Gasteiger partial charge in [0.1, 0.15) is 18.1 Å². The lowest BCUT2D eigenvalue weighted by Gasteiger charge is -2.08. The summed E-state index contributed by atoms with van der Waals surface area (Å²) in [7, 11) is 0. The molecule has 1 fully saturated rings. The van der Waals surface area contributed by atoms with E-state index in [9.17, 15) is 18.0 Å². The third kappa shape index (κ3) is 5.52. The van der Waals surface area contributed by atoms with Crippen LogP contribution in [-0.4, -0.2) is 22.2 Å². The van der Waals surface area contributed by atoms with Gasteiger partial charge in [0, 0.05) is 19.0 Å². The van der Waals surface area contributed by atoms with Crippen molar-refractivity contribution in [1.29, 1.82) is 0 Å². The quantitative estimate of drug-likeness (QED) is 0.396. The average Bonchev–Trinajstić information content (AvgIpc) is 3.37. The maximum Gasteiger partial charge on any atom is 0.436 e. The minimum absolute atomic E-state index is 0.0131. The Morgan fingerprint density at radius 1 is 1.27 bits per heavy atom. The van der Waals surface area contributed by atoms with E-state index < -0.39 is 17.8 Å². The summed E-state index contributed by atoms with van der Waals surface area (Å²) in [5, 5.41) is 6.08. The normalized spacial score (nSPS) is 13.8. The minimum atomic E-state index is -4.60. The standard InChI is InChI=1S/C23H23ClF3N3O3/c1-14-5-2-3-6-17(14)32-13-16-9-10-18(33-16)22(31)28-11-4-12-30-20(15-7-8-15)19(24)21(29-30)23(25,26)27/h2-3,5-6,9-10,15H,4,7-8,11-13H2,1H3,(H,28,31). The number of nitrogens with zero attached hydrogens (tertiary/aromatic N) is 2. The number of hydrogen-bond acceptors (Lipinski definition) is 4. The highest BCUT2D eigenvalue weighted by atomic mass is 35.5. The van der Waals surface area contributed by atoms with E-state index in [1.807, 2.05) is 31.2 Å². The van der Waals surface area contributed by atoms with Crippen molar-refractivity contribution in [1.82, 2.24) is 15.1 Å². The molecule has 1 N–H and O–H groups in total. The van der Waals surface area contributed by atoms with Crippen molar-refractivity contribution >= 4 is 17.5 Å². The molecule has 10 heteroatoms. The largest absolute Gasteiger partial charge is 0.485 e. The van der Waals surface area contributed by atoms with E-state index in [1.54, 1.807) is 12.1 Å². The number of aromatic nitrogens is 2. The zero-order valence-electron chi connectivity index (χ0n) is 17.9. The zero-order valence-corrected chi connectivity index (χ0v) is 18.7. The van der Waals surface area contributed by atoms with E-state index in [4.69, 9.17) is 20.8 Å². The Labute approximate surface area is 193 Å². The van der Waals surface area contributed by atoms with E-state index in [0.29, 0.717) is 17.9 Å². The summed E-state index contributed by atoms with van der Waals surface area (Å²) in [4.78, 5) is 12.3. The van der Waals surface area contributed by atoms with Gasteiger partial charge in [-0.15, -0.1) is 0 Å². The SMILES string of the molecule is Cc1ccccc1OCc1ccc(C(=O)NCCCn2nc(C(F)(F)F)c(Cl)c2C2CC2)o1. The van der Waals surface area contributed by atoms with Crippen LogP contribution in [0.15, 0.2) is 40.8 Å². The fourth-order valence-corrected chi connectivity index (χ4v) is 3.91. The molecular weight excluding hydrogens is 459 g/mol. The average molecular weight is 482 g/mol. The highest BCUT2D eigenvalue weighted by Crippen LogP contribution is 2.46. The van der Waals surface area contributed by atoms with Crippen LogP contribution >= 0.6 is 11.6 Å². The number of furan rings is 1. The summed E-state index contributed by atoms with van der Waals surface area (Å²) >= 11 is 5.97. The maximum absolute atomic E-state index is 13.1. The predicted molar refractivity (Wildman–Crippen MR) is 115 cm³/mol. The first kappa shape index (κ1) is 23.2. The van der Waals surface area contributed by atoms with E-state index in [2.05, 4.69) is 10.4 Å². The Hall–Kier alpha value is -2.94. The number of hydrogen-bond donors (Lipinski definition) is 1. The second-order valence-corrected chi connectivity index (χ2v) is 8.35. The monoisotopic (exact) mass is 481 g/mol. The first-order valence-electron chi connectivity index (χ1n) is 10.6. The molecule has 2 aromatic heterocycles. The zero-order chi connectivity index (χ0) is 23.6. The van der Waals surface area contributed by atoms with Gasteiger partial charge in [0.05, 0.1) is 10.7 Å². The molecule has 1 saturated carbocycles. The Balaban J connectivity index is 1.28. The number of rotatable bonds is 9. The number of alkyl halides is 3. The Bertz CT molecular complexity index is 1140. The molecule has 0 atom stereocenters. The van der Waals surface area contributed by atoms with E-state index >= 15 is 0 Å². The summed E-state index contributed by atoms with van der Waals surface area (Å²) in [5.41, 5.74) is 0.374. The van der Waals surface area contributed by atoms with E-state index in [-0.39, 0.29) is 36.4 Å². The minimum Gasteiger partial charge on any atom is -0.485 e. The summed E-state index contributed by atoms with van der Waals surface area (Å²) < 4.78 is 52.0. The van der Waals surface area contributed by atoms with Gasteiger partial charge in [-0.2, -0.15) is 18.3 Å². The number of carbonyl (C=O) groups is 1. The number of ether oxygens (including phenoxy) is 1. The molecular formula is C23H23ClF3N3O3. The molecule has 2 heterocycles. The van der Waals surface area contributed by atoms with Crippen LogP contribution in [0.1, 0.15) is 58.4 Å². The number of carbonyl (C=O) groups excluding carboxylic acids is 1. The Morgan fingerprint density at radius 2 is 2.03 bits per heavy atom. The molecule has 1 aliphatic carbocycles. The van der Waals surface area contributed by atoms with Crippen molar-refractivity contribution in [3.05, 3.63) is 69.9 Å². The number of halogens is 4. The van der Waals surface area contributed by atoms with Gasteiger partial charge < -0.3 is 14.5 Å². The van der Waals surface area contributed by atoms with Crippen molar-refractivity contribution in [2.24, 2.45) is 0 Å². The molecule has 1 amide bonds. The molecule has 176 valence electrons. The maximum atomic E-state index is 13.1. The Kier molecular flexibility index (Phi) is 6.69. The van der Waals surface area contributed by atoms with Crippen LogP contribution in [-0.2, 0) is 19.3 Å². The second-order valence-electron chi connectivity index (χ2n) is 7.97. The Morgan fingerprint density at radius 3 is 2.73 bits per heavy atom. The van der Waals surface area contributed by atoms with Crippen molar-refractivity contribution in [2.45, 2.75) is 51.4 Å². The van der Waals surface area contributed by atoms with E-state index in [0.717, 1.165) is 24.2 Å². The van der Waals surface area contributed by atoms with Crippen molar-refractivity contribution < 1.29 is 27.1 Å².